The van der Waals surface area contributed by atoms with Crippen LogP contribution in [0.3, 0.4) is 0 Å². The number of hydrogen-bond acceptors (Lipinski definition) is 2. The molecule has 13 heavy (non-hydrogen) atoms. The second kappa shape index (κ2) is 4.81. The van der Waals surface area contributed by atoms with Gasteiger partial charge in [-0.1, -0.05) is 23.2 Å². The van der Waals surface area contributed by atoms with Crippen molar-refractivity contribution in [1.82, 2.24) is 0 Å². The molecule has 0 amide bonds. The molecule has 0 unspecified atom stereocenters. The van der Waals surface area contributed by atoms with Crippen LogP contribution in [0.2, 0.25) is 10.0 Å². The van der Waals surface area contributed by atoms with Gasteiger partial charge in [0.1, 0.15) is 4.90 Å². The lowest BCUT2D eigenvalue weighted by atomic mass is 10.4. The number of halogens is 2. The summed E-state index contributed by atoms with van der Waals surface area (Å²) in [5, 5.41) is 0.220. The molecule has 0 saturated heterocycles. The molecule has 0 aliphatic heterocycles. The van der Waals surface area contributed by atoms with E-state index in [1.807, 2.05) is 0 Å². The molecule has 0 heterocycles. The molecule has 0 bridgehead atoms. The van der Waals surface area contributed by atoms with Crippen molar-refractivity contribution in [2.45, 2.75) is 4.90 Å². The predicted octanol–water partition coefficient (Wildman–Crippen LogP) is 1.32. The van der Waals surface area contributed by atoms with Crippen LogP contribution in [0.25, 0.3) is 0 Å². The van der Waals surface area contributed by atoms with E-state index < -0.39 is 10.1 Å². The van der Waals surface area contributed by atoms with Gasteiger partial charge in [0, 0.05) is 5.02 Å². The second-order valence-electron chi connectivity index (χ2n) is 2.05. The van der Waals surface area contributed by atoms with Gasteiger partial charge < -0.3 is 0 Å². The SMILES string of the molecule is O=S(=O)(O)c1ccc(Cl)cc1Cl.[MgH2]. The fraction of sp³-hybridized carbons (Fsp3) is 0. The van der Waals surface area contributed by atoms with Gasteiger partial charge in [0.25, 0.3) is 10.1 Å². The van der Waals surface area contributed by atoms with Crippen LogP contribution in [0.5, 0.6) is 0 Å². The van der Waals surface area contributed by atoms with Gasteiger partial charge in [-0.05, 0) is 18.2 Å². The molecular formula is C6H6Cl2MgO3S. The minimum absolute atomic E-state index is 0. The van der Waals surface area contributed by atoms with E-state index in [9.17, 15) is 8.42 Å². The first-order chi connectivity index (χ1) is 5.41. The van der Waals surface area contributed by atoms with Crippen LogP contribution in [-0.2, 0) is 10.1 Å². The van der Waals surface area contributed by atoms with Gasteiger partial charge in [-0.3, -0.25) is 4.55 Å². The minimum atomic E-state index is -4.24. The maximum absolute atomic E-state index is 10.6. The van der Waals surface area contributed by atoms with Crippen LogP contribution in [-0.4, -0.2) is 36.0 Å². The molecule has 0 atom stereocenters. The Morgan fingerprint density at radius 2 is 1.77 bits per heavy atom. The van der Waals surface area contributed by atoms with Crippen LogP contribution in [0.4, 0.5) is 0 Å². The van der Waals surface area contributed by atoms with Gasteiger partial charge in [-0.15, -0.1) is 0 Å². The minimum Gasteiger partial charge on any atom is -0.282 e. The highest BCUT2D eigenvalue weighted by atomic mass is 35.5. The molecule has 3 nitrogen and oxygen atoms in total. The van der Waals surface area contributed by atoms with E-state index in [-0.39, 0.29) is 33.0 Å². The topological polar surface area (TPSA) is 54.4 Å². The monoisotopic (exact) mass is 252 g/mol. The Balaban J connectivity index is 0.00000144. The van der Waals surface area contributed by atoms with Gasteiger partial charge in [-0.25, -0.2) is 0 Å². The molecule has 0 aliphatic carbocycles. The van der Waals surface area contributed by atoms with Gasteiger partial charge in [0.2, 0.25) is 0 Å². The first kappa shape index (κ1) is 13.5. The summed E-state index contributed by atoms with van der Waals surface area (Å²) in [5.41, 5.74) is 0. The Hall–Kier alpha value is 0.476. The van der Waals surface area contributed by atoms with Crippen molar-refractivity contribution < 1.29 is 13.0 Å². The van der Waals surface area contributed by atoms with E-state index in [4.69, 9.17) is 27.8 Å². The third-order valence-corrected chi connectivity index (χ3v) is 2.74. The van der Waals surface area contributed by atoms with Gasteiger partial charge >= 0.3 is 23.1 Å². The maximum atomic E-state index is 10.6. The van der Waals surface area contributed by atoms with Crippen molar-refractivity contribution >= 4 is 56.4 Å². The number of benzene rings is 1. The fourth-order valence-electron chi connectivity index (χ4n) is 0.684. The van der Waals surface area contributed by atoms with Crippen molar-refractivity contribution in [3.05, 3.63) is 28.2 Å². The van der Waals surface area contributed by atoms with Crippen molar-refractivity contribution in [2.24, 2.45) is 0 Å². The molecule has 0 aromatic heterocycles. The summed E-state index contributed by atoms with van der Waals surface area (Å²) in [5.74, 6) is 0. The van der Waals surface area contributed by atoms with Gasteiger partial charge in [0.05, 0.1) is 5.02 Å². The Kier molecular flexibility index (Phi) is 4.99. The molecule has 1 rings (SSSR count). The largest absolute Gasteiger partial charge is 0.316 e. The lowest BCUT2D eigenvalue weighted by molar-refractivity contribution is 0.483. The molecule has 0 spiro atoms. The van der Waals surface area contributed by atoms with Crippen LogP contribution in [0.1, 0.15) is 0 Å². The van der Waals surface area contributed by atoms with E-state index in [0.717, 1.165) is 6.07 Å². The molecule has 0 saturated carbocycles. The van der Waals surface area contributed by atoms with E-state index in [0.29, 0.717) is 5.02 Å². The highest BCUT2D eigenvalue weighted by Crippen LogP contribution is 2.24. The standard InChI is InChI=1S/C6H4Cl2O3S.Mg.2H/c7-4-1-2-6(5(8)3-4)12(9,10)11;;;/h1-3H,(H,9,10,11);;;. The average molecular weight is 253 g/mol. The first-order valence-electron chi connectivity index (χ1n) is 2.84. The molecule has 70 valence electrons. The maximum Gasteiger partial charge on any atom is 0.316 e. The summed E-state index contributed by atoms with van der Waals surface area (Å²) >= 11 is 11.0. The number of hydrogen-bond donors (Lipinski definition) is 1. The van der Waals surface area contributed by atoms with Gasteiger partial charge in [-0.2, -0.15) is 8.42 Å². The molecule has 1 N–H and O–H groups in total. The van der Waals surface area contributed by atoms with E-state index in [1.165, 1.54) is 12.1 Å². The van der Waals surface area contributed by atoms with Crippen LogP contribution >= 0.6 is 23.2 Å². The third kappa shape index (κ3) is 3.61. The number of rotatable bonds is 1. The second-order valence-corrected chi connectivity index (χ2v) is 4.28. The van der Waals surface area contributed by atoms with Gasteiger partial charge in [0.15, 0.2) is 0 Å². The summed E-state index contributed by atoms with van der Waals surface area (Å²) in [4.78, 5) is -0.339. The Labute approximate surface area is 102 Å². The van der Waals surface area contributed by atoms with Crippen LogP contribution in [0, 0.1) is 0 Å². The Morgan fingerprint density at radius 1 is 1.23 bits per heavy atom. The van der Waals surface area contributed by atoms with Crippen molar-refractivity contribution in [2.75, 3.05) is 0 Å². The highest BCUT2D eigenvalue weighted by Gasteiger charge is 2.13. The van der Waals surface area contributed by atoms with E-state index in [1.54, 1.807) is 0 Å². The highest BCUT2D eigenvalue weighted by molar-refractivity contribution is 7.86. The predicted molar refractivity (Wildman–Crippen MR) is 54.8 cm³/mol. The molecular weight excluding hydrogens is 247 g/mol. The zero-order chi connectivity index (χ0) is 9.35. The summed E-state index contributed by atoms with van der Waals surface area (Å²) in [6, 6.07) is 3.71. The lowest BCUT2D eigenvalue weighted by Crippen LogP contribution is -1.98. The Bertz CT molecular complexity index is 404. The van der Waals surface area contributed by atoms with Crippen LogP contribution in [0.15, 0.2) is 23.1 Å². The summed E-state index contributed by atoms with van der Waals surface area (Å²) in [7, 11) is -4.24. The van der Waals surface area contributed by atoms with E-state index in [2.05, 4.69) is 0 Å². The zero-order valence-corrected chi connectivity index (χ0v) is 7.99. The molecule has 1 aromatic rings. The summed E-state index contributed by atoms with van der Waals surface area (Å²) < 4.78 is 29.8. The van der Waals surface area contributed by atoms with Crippen LogP contribution < -0.4 is 0 Å². The molecule has 0 aliphatic rings. The normalized spacial score (nSPS) is 10.7. The fourth-order valence-corrected chi connectivity index (χ4v) is 1.93. The third-order valence-electron chi connectivity index (χ3n) is 1.17. The quantitative estimate of drug-likeness (QED) is 0.607. The lowest BCUT2D eigenvalue weighted by Gasteiger charge is -1.99. The van der Waals surface area contributed by atoms with Crippen molar-refractivity contribution in [3.63, 3.8) is 0 Å². The Morgan fingerprint density at radius 3 is 2.15 bits per heavy atom. The molecule has 1 aromatic carbocycles. The van der Waals surface area contributed by atoms with Crippen molar-refractivity contribution in [3.8, 4) is 0 Å². The first-order valence-corrected chi connectivity index (χ1v) is 5.03. The van der Waals surface area contributed by atoms with E-state index >= 15 is 0 Å². The smallest absolute Gasteiger partial charge is 0.282 e. The summed E-state index contributed by atoms with van der Waals surface area (Å²) in [6.45, 7) is 0. The molecule has 0 fully saturated rings. The molecule has 7 heteroatoms. The molecule has 0 radical (unpaired) electrons. The average Bonchev–Trinajstić information content (AvgIpc) is 1.83. The summed E-state index contributed by atoms with van der Waals surface area (Å²) in [6.07, 6.45) is 0. The van der Waals surface area contributed by atoms with Crippen molar-refractivity contribution in [1.29, 1.82) is 0 Å². The zero-order valence-electron chi connectivity index (χ0n) is 5.66.